The lowest BCUT2D eigenvalue weighted by Crippen LogP contribution is -2.66. The maximum atomic E-state index is 13.3. The van der Waals surface area contributed by atoms with E-state index < -0.39 is 42.2 Å². The van der Waals surface area contributed by atoms with Crippen molar-refractivity contribution in [3.8, 4) is 0 Å². The number of piperidine rings is 1. The average Bonchev–Trinajstić information content (AvgIpc) is 3.54. The van der Waals surface area contributed by atoms with Crippen LogP contribution in [0.2, 0.25) is 0 Å². The molecule has 3 aliphatic rings. The molecule has 0 aromatic rings. The highest BCUT2D eigenvalue weighted by atomic mass is 16.4. The summed E-state index contributed by atoms with van der Waals surface area (Å²) >= 11 is 0. The molecular weight excluding hydrogens is 380 g/mol. The first kappa shape index (κ1) is 21.0. The summed E-state index contributed by atoms with van der Waals surface area (Å²) in [4.78, 5) is 54.5. The van der Waals surface area contributed by atoms with Gasteiger partial charge < -0.3 is 31.0 Å². The standard InChI is InChI=1S/C18H28N6O5/c1-22(12-3-2-6-20-7-12)17(28)13(8-21-19)16-18(29)23(11-4-5-11)9-14(25)24(16)10-15(26)27/h8,11-13,16,20H,2-7,9-10,19H2,1H3,(H,26,27)/t12-,13?,16-/m0/s1. The lowest BCUT2D eigenvalue weighted by Gasteiger charge is -2.43. The number of carbonyl (C=O) groups excluding carboxylic acids is 3. The second-order valence-electron chi connectivity index (χ2n) is 7.83. The molecule has 2 saturated heterocycles. The predicted octanol–water partition coefficient (Wildman–Crippen LogP) is -1.96. The Morgan fingerprint density at radius 2 is 2.10 bits per heavy atom. The van der Waals surface area contributed by atoms with Crippen LogP contribution in [-0.2, 0) is 19.2 Å². The number of nitrogens with one attached hydrogen (secondary N) is 1. The number of piperazine rings is 1. The van der Waals surface area contributed by atoms with Gasteiger partial charge in [-0.15, -0.1) is 0 Å². The van der Waals surface area contributed by atoms with E-state index in [-0.39, 0.29) is 18.6 Å². The van der Waals surface area contributed by atoms with Gasteiger partial charge in [-0.25, -0.2) is 0 Å². The van der Waals surface area contributed by atoms with E-state index in [1.165, 1.54) is 4.90 Å². The van der Waals surface area contributed by atoms with Crippen molar-refractivity contribution >= 4 is 29.9 Å². The Labute approximate surface area is 168 Å². The third-order valence-electron chi connectivity index (χ3n) is 5.83. The number of nitrogens with two attached hydrogens (primary N) is 1. The van der Waals surface area contributed by atoms with Crippen molar-refractivity contribution in [2.24, 2.45) is 16.9 Å². The van der Waals surface area contributed by atoms with Gasteiger partial charge in [0.1, 0.15) is 25.0 Å². The minimum absolute atomic E-state index is 0.0354. The lowest BCUT2D eigenvalue weighted by molar-refractivity contribution is -0.163. The highest BCUT2D eigenvalue weighted by Gasteiger charge is 2.50. The molecule has 2 aliphatic heterocycles. The molecule has 11 nitrogen and oxygen atoms in total. The topological polar surface area (TPSA) is 149 Å². The molecule has 3 fully saturated rings. The number of hydrogen-bond acceptors (Lipinski definition) is 7. The molecule has 0 radical (unpaired) electrons. The van der Waals surface area contributed by atoms with Crippen LogP contribution < -0.4 is 11.2 Å². The molecule has 3 atom stereocenters. The van der Waals surface area contributed by atoms with Crippen molar-refractivity contribution < 1.29 is 24.3 Å². The number of hydrogen-bond donors (Lipinski definition) is 3. The van der Waals surface area contributed by atoms with Gasteiger partial charge in [0.25, 0.3) is 0 Å². The molecule has 1 aliphatic carbocycles. The molecule has 0 aromatic carbocycles. The Morgan fingerprint density at radius 1 is 1.38 bits per heavy atom. The van der Waals surface area contributed by atoms with Gasteiger partial charge in [0.05, 0.1) is 0 Å². The maximum absolute atomic E-state index is 13.3. The third-order valence-corrected chi connectivity index (χ3v) is 5.83. The Bertz CT molecular complexity index is 703. The first-order valence-corrected chi connectivity index (χ1v) is 9.87. The Kier molecular flexibility index (Phi) is 6.36. The lowest BCUT2D eigenvalue weighted by atomic mass is 9.92. The van der Waals surface area contributed by atoms with Crippen LogP contribution in [0.4, 0.5) is 0 Å². The van der Waals surface area contributed by atoms with Crippen LogP contribution in [-0.4, -0.2) is 101 Å². The summed E-state index contributed by atoms with van der Waals surface area (Å²) in [6.45, 7) is 0.671. The fraction of sp³-hybridized carbons (Fsp3) is 0.722. The number of amides is 3. The van der Waals surface area contributed by atoms with Crippen LogP contribution in [0.25, 0.3) is 0 Å². The summed E-state index contributed by atoms with van der Waals surface area (Å²) < 4.78 is 0. The van der Waals surface area contributed by atoms with Crippen molar-refractivity contribution in [2.45, 2.75) is 43.8 Å². The van der Waals surface area contributed by atoms with Gasteiger partial charge in [-0.2, -0.15) is 5.10 Å². The first-order valence-electron chi connectivity index (χ1n) is 9.87. The van der Waals surface area contributed by atoms with Crippen LogP contribution in [0.1, 0.15) is 25.7 Å². The monoisotopic (exact) mass is 408 g/mol. The quantitative estimate of drug-likeness (QED) is 0.252. The smallest absolute Gasteiger partial charge is 0.323 e. The zero-order chi connectivity index (χ0) is 21.1. The summed E-state index contributed by atoms with van der Waals surface area (Å²) in [5, 5.41) is 16.0. The fourth-order valence-corrected chi connectivity index (χ4v) is 4.10. The van der Waals surface area contributed by atoms with Crippen molar-refractivity contribution in [2.75, 3.05) is 33.2 Å². The van der Waals surface area contributed by atoms with Gasteiger partial charge >= 0.3 is 5.97 Å². The summed E-state index contributed by atoms with van der Waals surface area (Å²) in [7, 11) is 1.65. The van der Waals surface area contributed by atoms with Gasteiger partial charge in [-0.05, 0) is 32.2 Å². The number of likely N-dealkylation sites (N-methyl/N-ethyl adjacent to an activating group) is 1. The van der Waals surface area contributed by atoms with Crippen LogP contribution in [0.15, 0.2) is 5.10 Å². The summed E-state index contributed by atoms with van der Waals surface area (Å²) in [5.74, 6) is 1.60. The van der Waals surface area contributed by atoms with Gasteiger partial charge in [0.2, 0.25) is 17.7 Å². The van der Waals surface area contributed by atoms with E-state index in [1.807, 2.05) is 0 Å². The minimum atomic E-state index is -1.27. The molecule has 0 aromatic heterocycles. The summed E-state index contributed by atoms with van der Waals surface area (Å²) in [6, 6.07) is -1.37. The maximum Gasteiger partial charge on any atom is 0.323 e. The number of hydrazone groups is 1. The van der Waals surface area contributed by atoms with E-state index in [1.54, 1.807) is 11.9 Å². The Balaban J connectivity index is 1.91. The number of carbonyl (C=O) groups is 4. The number of carboxylic acids is 1. The van der Waals surface area contributed by atoms with Gasteiger partial charge in [-0.1, -0.05) is 0 Å². The first-order chi connectivity index (χ1) is 13.8. The summed E-state index contributed by atoms with van der Waals surface area (Å²) in [6.07, 6.45) is 4.46. The second-order valence-corrected chi connectivity index (χ2v) is 7.83. The minimum Gasteiger partial charge on any atom is -0.480 e. The van der Waals surface area contributed by atoms with Crippen LogP contribution in [0, 0.1) is 5.92 Å². The van der Waals surface area contributed by atoms with Gasteiger partial charge in [-0.3, -0.25) is 19.2 Å². The van der Waals surface area contributed by atoms with E-state index in [0.717, 1.165) is 43.3 Å². The normalized spacial score (nSPS) is 26.7. The number of aliphatic carboxylic acids is 1. The molecule has 29 heavy (non-hydrogen) atoms. The molecule has 0 spiro atoms. The zero-order valence-electron chi connectivity index (χ0n) is 16.5. The number of nitrogens with zero attached hydrogens (tertiary/aromatic N) is 4. The fourth-order valence-electron chi connectivity index (χ4n) is 4.10. The van der Waals surface area contributed by atoms with Crippen LogP contribution >= 0.6 is 0 Å². The van der Waals surface area contributed by atoms with E-state index in [0.29, 0.717) is 6.54 Å². The molecular formula is C18H28N6O5. The van der Waals surface area contributed by atoms with Gasteiger partial charge in [0.15, 0.2) is 0 Å². The molecule has 1 unspecified atom stereocenters. The van der Waals surface area contributed by atoms with Gasteiger partial charge in [0, 0.05) is 31.9 Å². The zero-order valence-corrected chi connectivity index (χ0v) is 16.5. The summed E-state index contributed by atoms with van der Waals surface area (Å²) in [5.41, 5.74) is 0. The molecule has 3 amide bonds. The third kappa shape index (κ3) is 4.50. The van der Waals surface area contributed by atoms with E-state index >= 15 is 0 Å². The van der Waals surface area contributed by atoms with Crippen molar-refractivity contribution in [3.63, 3.8) is 0 Å². The SMILES string of the molecule is CN(C(=O)C(C=NN)[C@H]1C(=O)N(C2CC2)CC(=O)N1CC(=O)O)[C@H]1CCCNC1. The highest BCUT2D eigenvalue weighted by molar-refractivity contribution is 6.05. The van der Waals surface area contributed by atoms with Crippen molar-refractivity contribution in [3.05, 3.63) is 0 Å². The van der Waals surface area contributed by atoms with Crippen molar-refractivity contribution in [1.29, 1.82) is 0 Å². The Morgan fingerprint density at radius 3 is 2.66 bits per heavy atom. The second kappa shape index (κ2) is 8.76. The molecule has 1 saturated carbocycles. The van der Waals surface area contributed by atoms with E-state index in [2.05, 4.69) is 10.4 Å². The van der Waals surface area contributed by atoms with Crippen LogP contribution in [0.5, 0.6) is 0 Å². The molecule has 0 bridgehead atoms. The molecule has 11 heteroatoms. The number of carboxylic acid groups (broad SMARTS) is 1. The predicted molar refractivity (Wildman–Crippen MR) is 103 cm³/mol. The largest absolute Gasteiger partial charge is 0.480 e. The molecule has 4 N–H and O–H groups in total. The van der Waals surface area contributed by atoms with Crippen molar-refractivity contribution in [1.82, 2.24) is 20.0 Å². The molecule has 2 heterocycles. The van der Waals surface area contributed by atoms with E-state index in [9.17, 15) is 24.3 Å². The number of rotatable bonds is 7. The van der Waals surface area contributed by atoms with E-state index in [4.69, 9.17) is 5.84 Å². The van der Waals surface area contributed by atoms with Crippen LogP contribution in [0.3, 0.4) is 0 Å². The average molecular weight is 408 g/mol. The highest BCUT2D eigenvalue weighted by Crippen LogP contribution is 2.32. The molecule has 3 rings (SSSR count). The Hall–Kier alpha value is -2.69. The molecule has 160 valence electrons.